The van der Waals surface area contributed by atoms with E-state index in [0.717, 1.165) is 5.56 Å². The predicted molar refractivity (Wildman–Crippen MR) is 68.1 cm³/mol. The first-order valence-corrected chi connectivity index (χ1v) is 6.08. The summed E-state index contributed by atoms with van der Waals surface area (Å²) in [4.78, 5) is 22.6. The molecule has 2 aromatic rings. The van der Waals surface area contributed by atoms with Gasteiger partial charge in [0.2, 0.25) is 0 Å². The van der Waals surface area contributed by atoms with Crippen molar-refractivity contribution in [3.8, 4) is 10.4 Å². The average molecular weight is 262 g/mol. The molecule has 0 saturated heterocycles. The molecule has 0 amide bonds. The molecule has 1 aromatic carbocycles. The van der Waals surface area contributed by atoms with Gasteiger partial charge in [-0.15, -0.1) is 11.3 Å². The fourth-order valence-corrected chi connectivity index (χ4v) is 2.80. The highest BCUT2D eigenvalue weighted by molar-refractivity contribution is 7.14. The van der Waals surface area contributed by atoms with Gasteiger partial charge in [-0.25, -0.2) is 4.79 Å². The summed E-state index contributed by atoms with van der Waals surface area (Å²) in [5.74, 6) is -2.13. The van der Waals surface area contributed by atoms with Gasteiger partial charge in [0.25, 0.3) is 0 Å². The molecule has 4 nitrogen and oxygen atoms in total. The highest BCUT2D eigenvalue weighted by Crippen LogP contribution is 2.33. The molecule has 5 heteroatoms. The fraction of sp³-hybridized carbons (Fsp3) is 0.0769. The number of aliphatic carboxylic acids is 1. The standard InChI is InChI=1S/C13H10O4S/c14-11(15)6-9-10(13(16)17)7-18-12(9)8-4-2-1-3-5-8/h1-5,7H,6H2,(H,14,15)(H,16,17). The Morgan fingerprint density at radius 2 is 1.78 bits per heavy atom. The number of carbonyl (C=O) groups is 2. The van der Waals surface area contributed by atoms with Crippen molar-refractivity contribution in [2.45, 2.75) is 6.42 Å². The minimum absolute atomic E-state index is 0.0706. The van der Waals surface area contributed by atoms with Crippen molar-refractivity contribution in [3.63, 3.8) is 0 Å². The number of hydrogen-bond donors (Lipinski definition) is 2. The molecule has 0 bridgehead atoms. The molecule has 2 rings (SSSR count). The summed E-state index contributed by atoms with van der Waals surface area (Å²) in [6.45, 7) is 0. The van der Waals surface area contributed by atoms with E-state index in [1.807, 2.05) is 30.3 Å². The maximum absolute atomic E-state index is 11.1. The van der Waals surface area contributed by atoms with Gasteiger partial charge in [-0.1, -0.05) is 30.3 Å². The van der Waals surface area contributed by atoms with Crippen LogP contribution in [0.1, 0.15) is 15.9 Å². The van der Waals surface area contributed by atoms with Crippen LogP contribution in [-0.2, 0) is 11.2 Å². The van der Waals surface area contributed by atoms with Gasteiger partial charge in [0, 0.05) is 10.3 Å². The Morgan fingerprint density at radius 1 is 1.11 bits per heavy atom. The number of thiophene rings is 1. The second kappa shape index (κ2) is 5.01. The van der Waals surface area contributed by atoms with Gasteiger partial charge in [0.05, 0.1) is 12.0 Å². The number of carboxylic acid groups (broad SMARTS) is 2. The number of aromatic carboxylic acids is 1. The van der Waals surface area contributed by atoms with Crippen LogP contribution in [0.4, 0.5) is 0 Å². The van der Waals surface area contributed by atoms with Crippen LogP contribution in [0.5, 0.6) is 0 Å². The van der Waals surface area contributed by atoms with Crippen molar-refractivity contribution in [1.82, 2.24) is 0 Å². The topological polar surface area (TPSA) is 74.6 Å². The number of rotatable bonds is 4. The van der Waals surface area contributed by atoms with Crippen molar-refractivity contribution in [2.75, 3.05) is 0 Å². The SMILES string of the molecule is O=C(O)Cc1c(C(=O)O)csc1-c1ccccc1. The Morgan fingerprint density at radius 3 is 2.33 bits per heavy atom. The number of hydrogen-bond acceptors (Lipinski definition) is 3. The zero-order valence-corrected chi connectivity index (χ0v) is 10.1. The molecule has 0 spiro atoms. The van der Waals surface area contributed by atoms with Gasteiger partial charge in [0.15, 0.2) is 0 Å². The molecule has 92 valence electrons. The summed E-state index contributed by atoms with van der Waals surface area (Å²) in [6.07, 6.45) is -0.282. The summed E-state index contributed by atoms with van der Waals surface area (Å²) in [5, 5.41) is 19.4. The van der Waals surface area contributed by atoms with E-state index in [1.165, 1.54) is 16.7 Å². The molecule has 0 aliphatic carbocycles. The number of benzene rings is 1. The Labute approximate surface area is 107 Å². The van der Waals surface area contributed by atoms with Gasteiger partial charge < -0.3 is 10.2 Å². The highest BCUT2D eigenvalue weighted by Gasteiger charge is 2.19. The van der Waals surface area contributed by atoms with Crippen LogP contribution in [0.15, 0.2) is 35.7 Å². The minimum atomic E-state index is -1.09. The van der Waals surface area contributed by atoms with Crippen molar-refractivity contribution >= 4 is 23.3 Å². The smallest absolute Gasteiger partial charge is 0.336 e. The van der Waals surface area contributed by atoms with E-state index in [0.29, 0.717) is 10.4 Å². The summed E-state index contributed by atoms with van der Waals surface area (Å²) in [6, 6.07) is 9.19. The van der Waals surface area contributed by atoms with Crippen LogP contribution in [0.3, 0.4) is 0 Å². The third-order valence-electron chi connectivity index (χ3n) is 2.49. The van der Waals surface area contributed by atoms with Crippen LogP contribution >= 0.6 is 11.3 Å². The molecule has 18 heavy (non-hydrogen) atoms. The fourth-order valence-electron chi connectivity index (χ4n) is 1.72. The molecule has 0 saturated carbocycles. The lowest BCUT2D eigenvalue weighted by Gasteiger charge is -2.03. The molecule has 0 radical (unpaired) electrons. The van der Waals surface area contributed by atoms with Crippen LogP contribution in [0, 0.1) is 0 Å². The van der Waals surface area contributed by atoms with E-state index in [9.17, 15) is 9.59 Å². The molecule has 0 fully saturated rings. The molecule has 0 atom stereocenters. The molecule has 1 heterocycles. The maximum atomic E-state index is 11.1. The third-order valence-corrected chi connectivity index (χ3v) is 3.56. The van der Waals surface area contributed by atoms with E-state index in [-0.39, 0.29) is 12.0 Å². The first-order valence-electron chi connectivity index (χ1n) is 5.20. The molecular formula is C13H10O4S. The monoisotopic (exact) mass is 262 g/mol. The molecular weight excluding hydrogens is 252 g/mol. The largest absolute Gasteiger partial charge is 0.481 e. The number of carboxylic acids is 2. The first-order chi connectivity index (χ1) is 8.59. The van der Waals surface area contributed by atoms with E-state index < -0.39 is 11.9 Å². The second-order valence-electron chi connectivity index (χ2n) is 3.70. The van der Waals surface area contributed by atoms with E-state index in [4.69, 9.17) is 10.2 Å². The van der Waals surface area contributed by atoms with Crippen molar-refractivity contribution in [2.24, 2.45) is 0 Å². The highest BCUT2D eigenvalue weighted by atomic mass is 32.1. The second-order valence-corrected chi connectivity index (χ2v) is 4.58. The van der Waals surface area contributed by atoms with Crippen LogP contribution < -0.4 is 0 Å². The quantitative estimate of drug-likeness (QED) is 0.888. The predicted octanol–water partition coefficient (Wildman–Crippen LogP) is 2.74. The summed E-state index contributed by atoms with van der Waals surface area (Å²) in [5.41, 5.74) is 1.28. The van der Waals surface area contributed by atoms with E-state index in [2.05, 4.69) is 0 Å². The summed E-state index contributed by atoms with van der Waals surface area (Å²) >= 11 is 1.26. The van der Waals surface area contributed by atoms with Crippen molar-refractivity contribution in [1.29, 1.82) is 0 Å². The third kappa shape index (κ3) is 2.41. The first kappa shape index (κ1) is 12.3. The van der Waals surface area contributed by atoms with Gasteiger partial charge in [-0.05, 0) is 11.1 Å². The van der Waals surface area contributed by atoms with Crippen molar-refractivity contribution < 1.29 is 19.8 Å². The van der Waals surface area contributed by atoms with Crippen LogP contribution in [0.2, 0.25) is 0 Å². The molecule has 0 aliphatic rings. The summed E-state index contributed by atoms with van der Waals surface area (Å²) in [7, 11) is 0. The van der Waals surface area contributed by atoms with Crippen LogP contribution in [-0.4, -0.2) is 22.2 Å². The maximum Gasteiger partial charge on any atom is 0.336 e. The van der Waals surface area contributed by atoms with Gasteiger partial charge in [-0.3, -0.25) is 4.79 Å². The summed E-state index contributed by atoms with van der Waals surface area (Å²) < 4.78 is 0. The molecule has 2 N–H and O–H groups in total. The van der Waals surface area contributed by atoms with Gasteiger partial charge in [0.1, 0.15) is 0 Å². The van der Waals surface area contributed by atoms with Crippen LogP contribution in [0.25, 0.3) is 10.4 Å². The zero-order chi connectivity index (χ0) is 13.1. The zero-order valence-electron chi connectivity index (χ0n) is 9.29. The Kier molecular flexibility index (Phi) is 3.43. The molecule has 0 aliphatic heterocycles. The van der Waals surface area contributed by atoms with E-state index in [1.54, 1.807) is 0 Å². The Bertz CT molecular complexity index is 586. The normalized spacial score (nSPS) is 10.2. The lowest BCUT2D eigenvalue weighted by Crippen LogP contribution is -2.06. The minimum Gasteiger partial charge on any atom is -0.481 e. The average Bonchev–Trinajstić information content (AvgIpc) is 2.73. The Hall–Kier alpha value is -2.14. The Balaban J connectivity index is 2.54. The van der Waals surface area contributed by atoms with Gasteiger partial charge >= 0.3 is 11.9 Å². The molecule has 1 aromatic heterocycles. The van der Waals surface area contributed by atoms with Gasteiger partial charge in [-0.2, -0.15) is 0 Å². The van der Waals surface area contributed by atoms with Crippen molar-refractivity contribution in [3.05, 3.63) is 46.8 Å². The lowest BCUT2D eigenvalue weighted by molar-refractivity contribution is -0.136. The van der Waals surface area contributed by atoms with E-state index >= 15 is 0 Å². The lowest BCUT2D eigenvalue weighted by atomic mass is 10.0. The molecule has 0 unspecified atom stereocenters.